The van der Waals surface area contributed by atoms with E-state index in [1.807, 2.05) is 6.92 Å². The van der Waals surface area contributed by atoms with Gasteiger partial charge in [-0.1, -0.05) is 13.3 Å². The number of aromatic amines is 1. The average Bonchev–Trinajstić information content (AvgIpc) is 3.11. The minimum atomic E-state index is 0.0499. The van der Waals surface area contributed by atoms with Gasteiger partial charge in [-0.15, -0.1) is 0 Å². The zero-order valence-corrected chi connectivity index (χ0v) is 12.6. The third kappa shape index (κ3) is 2.37. The predicted molar refractivity (Wildman–Crippen MR) is 80.9 cm³/mol. The molecule has 1 aromatic rings. The maximum absolute atomic E-state index is 12.2. The fourth-order valence-electron chi connectivity index (χ4n) is 4.33. The molecular weight excluding hydrogens is 264 g/mol. The van der Waals surface area contributed by atoms with Crippen molar-refractivity contribution in [1.82, 2.24) is 15.5 Å². The maximum Gasteiger partial charge on any atom is 0.228 e. The standard InChI is InChI=1S/C16H24N4O/c1-9(12-7-17-8-12)16(21)18-15-6-14(19-20-15)13-5-10-2-3-11(13)4-10/h6,9-13,17H,2-5,7-8H2,1H3,(H2,18,19,20,21). The molecule has 1 aromatic heterocycles. The Bertz CT molecular complexity index is 536. The van der Waals surface area contributed by atoms with Crippen LogP contribution in [0.4, 0.5) is 5.82 Å². The van der Waals surface area contributed by atoms with Crippen molar-refractivity contribution in [3.8, 4) is 0 Å². The van der Waals surface area contributed by atoms with Gasteiger partial charge in [-0.2, -0.15) is 5.10 Å². The summed E-state index contributed by atoms with van der Waals surface area (Å²) in [6.07, 6.45) is 5.45. The number of amides is 1. The normalized spacial score (nSPS) is 32.9. The molecule has 5 nitrogen and oxygen atoms in total. The van der Waals surface area contributed by atoms with Gasteiger partial charge in [0.15, 0.2) is 5.82 Å². The summed E-state index contributed by atoms with van der Waals surface area (Å²) in [6.45, 7) is 3.90. The summed E-state index contributed by atoms with van der Waals surface area (Å²) in [5, 5.41) is 13.6. The second-order valence-electron chi connectivity index (χ2n) is 7.19. The van der Waals surface area contributed by atoms with Gasteiger partial charge in [-0.3, -0.25) is 9.89 Å². The van der Waals surface area contributed by atoms with E-state index in [1.165, 1.54) is 31.4 Å². The van der Waals surface area contributed by atoms with E-state index in [2.05, 4.69) is 26.9 Å². The highest BCUT2D eigenvalue weighted by Crippen LogP contribution is 2.52. The number of nitrogens with one attached hydrogen (secondary N) is 3. The molecule has 3 N–H and O–H groups in total. The number of hydrogen-bond acceptors (Lipinski definition) is 3. The zero-order valence-electron chi connectivity index (χ0n) is 12.6. The van der Waals surface area contributed by atoms with Crippen molar-refractivity contribution in [2.24, 2.45) is 23.7 Å². The summed E-state index contributed by atoms with van der Waals surface area (Å²) in [7, 11) is 0. The van der Waals surface area contributed by atoms with Crippen molar-refractivity contribution in [2.75, 3.05) is 18.4 Å². The van der Waals surface area contributed by atoms with Crippen molar-refractivity contribution >= 4 is 11.7 Å². The van der Waals surface area contributed by atoms with Crippen LogP contribution in [0.25, 0.3) is 0 Å². The van der Waals surface area contributed by atoms with Gasteiger partial charge >= 0.3 is 0 Å². The number of hydrogen-bond donors (Lipinski definition) is 3. The Balaban J connectivity index is 1.39. The molecule has 1 aliphatic heterocycles. The molecule has 4 unspecified atom stereocenters. The van der Waals surface area contributed by atoms with Crippen LogP contribution in [0.2, 0.25) is 0 Å². The lowest BCUT2D eigenvalue weighted by atomic mass is 9.86. The summed E-state index contributed by atoms with van der Waals surface area (Å²) in [5.41, 5.74) is 1.22. The molecule has 2 saturated carbocycles. The van der Waals surface area contributed by atoms with E-state index >= 15 is 0 Å². The van der Waals surface area contributed by atoms with Crippen LogP contribution < -0.4 is 10.6 Å². The monoisotopic (exact) mass is 288 g/mol. The molecule has 2 bridgehead atoms. The van der Waals surface area contributed by atoms with Crippen molar-refractivity contribution in [2.45, 2.75) is 38.5 Å². The van der Waals surface area contributed by atoms with Gasteiger partial charge in [0.05, 0.1) is 0 Å². The Kier molecular flexibility index (Phi) is 3.25. The van der Waals surface area contributed by atoms with E-state index in [9.17, 15) is 4.79 Å². The number of carbonyl (C=O) groups is 1. The van der Waals surface area contributed by atoms with Crippen LogP contribution in [-0.4, -0.2) is 29.2 Å². The summed E-state index contributed by atoms with van der Waals surface area (Å²) >= 11 is 0. The number of H-pyrrole nitrogens is 1. The molecule has 3 fully saturated rings. The van der Waals surface area contributed by atoms with E-state index in [0.717, 1.165) is 24.9 Å². The minimum absolute atomic E-state index is 0.0499. The second-order valence-corrected chi connectivity index (χ2v) is 7.19. The smallest absolute Gasteiger partial charge is 0.228 e. The van der Waals surface area contributed by atoms with Crippen LogP contribution in [-0.2, 0) is 4.79 Å². The van der Waals surface area contributed by atoms with Crippen molar-refractivity contribution < 1.29 is 4.79 Å². The maximum atomic E-state index is 12.2. The molecule has 5 heteroatoms. The van der Waals surface area contributed by atoms with Crippen molar-refractivity contribution in [3.63, 3.8) is 0 Å². The first-order chi connectivity index (χ1) is 10.2. The van der Waals surface area contributed by atoms with Gasteiger partial charge in [0.1, 0.15) is 0 Å². The summed E-state index contributed by atoms with van der Waals surface area (Å²) in [4.78, 5) is 12.2. The van der Waals surface area contributed by atoms with E-state index in [-0.39, 0.29) is 11.8 Å². The number of aromatic nitrogens is 2. The van der Waals surface area contributed by atoms with Crippen LogP contribution in [0.3, 0.4) is 0 Å². The van der Waals surface area contributed by atoms with Crippen LogP contribution >= 0.6 is 0 Å². The second kappa shape index (κ2) is 5.13. The number of anilines is 1. The Labute approximate surface area is 125 Å². The van der Waals surface area contributed by atoms with Gasteiger partial charge in [-0.25, -0.2) is 0 Å². The van der Waals surface area contributed by atoms with E-state index in [1.54, 1.807) is 0 Å². The molecule has 0 spiro atoms. The summed E-state index contributed by atoms with van der Waals surface area (Å²) in [5.74, 6) is 3.69. The fourth-order valence-corrected chi connectivity index (χ4v) is 4.33. The first-order valence-corrected chi connectivity index (χ1v) is 8.27. The highest BCUT2D eigenvalue weighted by atomic mass is 16.2. The number of rotatable bonds is 4. The molecule has 1 amide bonds. The number of nitrogens with zero attached hydrogens (tertiary/aromatic N) is 1. The molecule has 2 aliphatic carbocycles. The largest absolute Gasteiger partial charge is 0.316 e. The number of fused-ring (bicyclic) bond motifs is 2. The topological polar surface area (TPSA) is 69.8 Å². The Morgan fingerprint density at radius 3 is 2.86 bits per heavy atom. The molecule has 0 aromatic carbocycles. The van der Waals surface area contributed by atoms with E-state index in [0.29, 0.717) is 17.7 Å². The zero-order chi connectivity index (χ0) is 14.4. The molecule has 2 heterocycles. The van der Waals surface area contributed by atoms with Crippen molar-refractivity contribution in [3.05, 3.63) is 11.8 Å². The predicted octanol–water partition coefficient (Wildman–Crippen LogP) is 2.11. The molecule has 21 heavy (non-hydrogen) atoms. The first-order valence-electron chi connectivity index (χ1n) is 8.27. The van der Waals surface area contributed by atoms with E-state index in [4.69, 9.17) is 0 Å². The lowest BCUT2D eigenvalue weighted by Crippen LogP contribution is -2.48. The van der Waals surface area contributed by atoms with Crippen LogP contribution in [0.15, 0.2) is 6.07 Å². The van der Waals surface area contributed by atoms with Crippen LogP contribution in [0, 0.1) is 23.7 Å². The van der Waals surface area contributed by atoms with Crippen LogP contribution in [0.1, 0.15) is 44.2 Å². The molecule has 4 rings (SSSR count). The van der Waals surface area contributed by atoms with Gasteiger partial charge in [0, 0.05) is 23.6 Å². The summed E-state index contributed by atoms with van der Waals surface area (Å²) in [6, 6.07) is 2.05. The van der Waals surface area contributed by atoms with Gasteiger partial charge < -0.3 is 10.6 Å². The highest BCUT2D eigenvalue weighted by Gasteiger charge is 2.41. The Morgan fingerprint density at radius 1 is 1.38 bits per heavy atom. The average molecular weight is 288 g/mol. The molecular formula is C16H24N4O. The third-order valence-electron chi connectivity index (χ3n) is 5.92. The van der Waals surface area contributed by atoms with Crippen molar-refractivity contribution in [1.29, 1.82) is 0 Å². The Morgan fingerprint density at radius 2 is 2.24 bits per heavy atom. The Hall–Kier alpha value is -1.36. The number of carbonyl (C=O) groups excluding carboxylic acids is 1. The first kappa shape index (κ1) is 13.3. The molecule has 114 valence electrons. The SMILES string of the molecule is CC(C(=O)Nc1cc(C2CC3CCC2C3)[nH]n1)C1CNC1. The summed E-state index contributed by atoms with van der Waals surface area (Å²) < 4.78 is 0. The lowest BCUT2D eigenvalue weighted by molar-refractivity contribution is -0.121. The van der Waals surface area contributed by atoms with E-state index < -0.39 is 0 Å². The molecule has 3 aliphatic rings. The molecule has 4 atom stereocenters. The quantitative estimate of drug-likeness (QED) is 0.794. The van der Waals surface area contributed by atoms with Gasteiger partial charge in [-0.05, 0) is 50.1 Å². The fraction of sp³-hybridized carbons (Fsp3) is 0.750. The van der Waals surface area contributed by atoms with Gasteiger partial charge in [0.25, 0.3) is 0 Å². The molecule has 0 radical (unpaired) electrons. The lowest BCUT2D eigenvalue weighted by Gasteiger charge is -2.31. The third-order valence-corrected chi connectivity index (χ3v) is 5.92. The minimum Gasteiger partial charge on any atom is -0.316 e. The molecule has 1 saturated heterocycles. The van der Waals surface area contributed by atoms with Crippen LogP contribution in [0.5, 0.6) is 0 Å². The van der Waals surface area contributed by atoms with Gasteiger partial charge in [0.2, 0.25) is 5.91 Å². The highest BCUT2D eigenvalue weighted by molar-refractivity contribution is 5.91.